The van der Waals surface area contributed by atoms with Gasteiger partial charge in [0.2, 0.25) is 0 Å². The Bertz CT molecular complexity index is 828. The molecule has 0 atom stereocenters. The number of ether oxygens (including phenoxy) is 1. The Labute approximate surface area is 150 Å². The van der Waals surface area contributed by atoms with Crippen molar-refractivity contribution in [2.24, 2.45) is 5.92 Å². The highest BCUT2D eigenvalue weighted by molar-refractivity contribution is 6.17. The van der Waals surface area contributed by atoms with Gasteiger partial charge in [0.25, 0.3) is 5.91 Å². The van der Waals surface area contributed by atoms with Crippen molar-refractivity contribution in [1.82, 2.24) is 5.32 Å². The Balaban J connectivity index is 2.21. The summed E-state index contributed by atoms with van der Waals surface area (Å²) in [4.78, 5) is 35.7. The predicted molar refractivity (Wildman–Crippen MR) is 95.2 cm³/mol. The van der Waals surface area contributed by atoms with Gasteiger partial charge >= 0.3 is 11.6 Å². The number of nitrogens with one attached hydrogen (secondary N) is 1. The first-order valence-electron chi connectivity index (χ1n) is 8.03. The number of fused-ring (bicyclic) bond motifs is 1. The molecule has 0 aliphatic carbocycles. The molecule has 1 N–H and O–H groups in total. The van der Waals surface area contributed by atoms with E-state index in [9.17, 15) is 14.4 Å². The van der Waals surface area contributed by atoms with Crippen LogP contribution in [0.25, 0.3) is 11.0 Å². The van der Waals surface area contributed by atoms with Gasteiger partial charge in [0.15, 0.2) is 0 Å². The minimum Gasteiger partial charge on any atom is -0.426 e. The minimum absolute atomic E-state index is 0.0555. The molecule has 7 heteroatoms. The third kappa shape index (κ3) is 5.32. The van der Waals surface area contributed by atoms with E-state index in [1.165, 1.54) is 12.1 Å². The van der Waals surface area contributed by atoms with Crippen LogP contribution in [-0.4, -0.2) is 24.3 Å². The highest BCUT2D eigenvalue weighted by Gasteiger charge is 2.14. The van der Waals surface area contributed by atoms with Gasteiger partial charge in [-0.2, -0.15) is 0 Å². The summed E-state index contributed by atoms with van der Waals surface area (Å²) in [5, 5.41) is 3.25. The molecule has 134 valence electrons. The minimum atomic E-state index is -0.737. The molecule has 25 heavy (non-hydrogen) atoms. The summed E-state index contributed by atoms with van der Waals surface area (Å²) >= 11 is 5.53. The lowest BCUT2D eigenvalue weighted by Crippen LogP contribution is -2.31. The Kier molecular flexibility index (Phi) is 6.58. The molecule has 0 bridgehead atoms. The van der Waals surface area contributed by atoms with Crippen LogP contribution in [0.5, 0.6) is 5.75 Å². The van der Waals surface area contributed by atoms with Crippen LogP contribution in [-0.2, 0) is 4.79 Å². The van der Waals surface area contributed by atoms with Crippen LogP contribution in [0.15, 0.2) is 33.5 Å². The maximum atomic E-state index is 12.1. The summed E-state index contributed by atoms with van der Waals surface area (Å²) in [6.45, 7) is 4.38. The summed E-state index contributed by atoms with van der Waals surface area (Å²) < 4.78 is 10.4. The molecule has 1 amide bonds. The van der Waals surface area contributed by atoms with Gasteiger partial charge in [0.1, 0.15) is 16.9 Å². The quantitative estimate of drug-likeness (QED) is 0.352. The zero-order valence-electron chi connectivity index (χ0n) is 14.1. The Morgan fingerprint density at radius 3 is 2.72 bits per heavy atom. The van der Waals surface area contributed by atoms with Gasteiger partial charge in [-0.3, -0.25) is 9.59 Å². The Hall–Kier alpha value is -2.34. The number of amides is 1. The predicted octanol–water partition coefficient (Wildman–Crippen LogP) is 3.10. The van der Waals surface area contributed by atoms with E-state index in [4.69, 9.17) is 20.8 Å². The van der Waals surface area contributed by atoms with E-state index in [1.807, 2.05) is 13.8 Å². The van der Waals surface area contributed by atoms with Crippen LogP contribution in [0.2, 0.25) is 0 Å². The molecular formula is C18H20ClNO5. The van der Waals surface area contributed by atoms with E-state index in [0.717, 1.165) is 0 Å². The Morgan fingerprint density at radius 1 is 1.28 bits per heavy atom. The molecule has 0 unspecified atom stereocenters. The summed E-state index contributed by atoms with van der Waals surface area (Å²) in [6, 6.07) is 6.12. The smallest absolute Gasteiger partial charge is 0.349 e. The van der Waals surface area contributed by atoms with Crippen molar-refractivity contribution < 1.29 is 18.7 Å². The van der Waals surface area contributed by atoms with Crippen molar-refractivity contribution in [2.45, 2.75) is 26.7 Å². The zero-order valence-corrected chi connectivity index (χ0v) is 14.9. The van der Waals surface area contributed by atoms with Crippen molar-refractivity contribution in [3.8, 4) is 5.75 Å². The normalized spacial score (nSPS) is 10.9. The van der Waals surface area contributed by atoms with Gasteiger partial charge in [-0.25, -0.2) is 4.79 Å². The van der Waals surface area contributed by atoms with Crippen LogP contribution in [0, 0.1) is 5.92 Å². The first-order valence-corrected chi connectivity index (χ1v) is 8.57. The molecule has 0 radical (unpaired) electrons. The number of esters is 1. The van der Waals surface area contributed by atoms with Crippen molar-refractivity contribution in [3.63, 3.8) is 0 Å². The van der Waals surface area contributed by atoms with Crippen LogP contribution < -0.4 is 15.7 Å². The number of carbonyl (C=O) groups excluding carboxylic acids is 2. The van der Waals surface area contributed by atoms with Crippen LogP contribution in [0.4, 0.5) is 0 Å². The van der Waals surface area contributed by atoms with E-state index < -0.39 is 17.5 Å². The standard InChI is InChI=1S/C18H20ClNO5/c1-11(2)10-20-17(22)14-8-12-5-6-13(9-15(12)25-18(14)23)24-16(21)4-3-7-19/h5-6,8-9,11H,3-4,7,10H2,1-2H3,(H,20,22). The molecule has 1 heterocycles. The first kappa shape index (κ1) is 19.0. The number of rotatable bonds is 7. The molecule has 0 spiro atoms. The van der Waals surface area contributed by atoms with E-state index in [2.05, 4.69) is 5.32 Å². The van der Waals surface area contributed by atoms with E-state index in [0.29, 0.717) is 24.2 Å². The number of alkyl halides is 1. The van der Waals surface area contributed by atoms with Gasteiger partial charge in [-0.1, -0.05) is 13.8 Å². The molecule has 1 aromatic heterocycles. The highest BCUT2D eigenvalue weighted by Crippen LogP contribution is 2.21. The van der Waals surface area contributed by atoms with Crippen molar-refractivity contribution in [2.75, 3.05) is 12.4 Å². The molecule has 0 saturated heterocycles. The van der Waals surface area contributed by atoms with Gasteiger partial charge in [0, 0.05) is 30.3 Å². The fourth-order valence-electron chi connectivity index (χ4n) is 2.10. The van der Waals surface area contributed by atoms with E-state index in [1.54, 1.807) is 12.1 Å². The summed E-state index contributed by atoms with van der Waals surface area (Å²) in [5.74, 6) is 0.0382. The number of hydrogen-bond acceptors (Lipinski definition) is 5. The SMILES string of the molecule is CC(C)CNC(=O)c1cc2ccc(OC(=O)CCCCl)cc2oc1=O. The Morgan fingerprint density at radius 2 is 2.04 bits per heavy atom. The third-order valence-electron chi connectivity index (χ3n) is 3.37. The monoisotopic (exact) mass is 365 g/mol. The molecule has 6 nitrogen and oxygen atoms in total. The molecule has 0 fully saturated rings. The highest BCUT2D eigenvalue weighted by atomic mass is 35.5. The summed E-state index contributed by atoms with van der Waals surface area (Å²) in [7, 11) is 0. The zero-order chi connectivity index (χ0) is 18.4. The average Bonchev–Trinajstić information content (AvgIpc) is 2.57. The lowest BCUT2D eigenvalue weighted by Gasteiger charge is -2.08. The maximum Gasteiger partial charge on any atom is 0.349 e. The largest absolute Gasteiger partial charge is 0.426 e. The van der Waals surface area contributed by atoms with Crippen LogP contribution in [0.3, 0.4) is 0 Å². The number of benzene rings is 1. The van der Waals surface area contributed by atoms with Crippen LogP contribution in [0.1, 0.15) is 37.0 Å². The second-order valence-corrected chi connectivity index (χ2v) is 6.40. The maximum absolute atomic E-state index is 12.1. The van der Waals surface area contributed by atoms with Crippen molar-refractivity contribution in [3.05, 3.63) is 40.2 Å². The number of halogens is 1. The molecule has 0 saturated carbocycles. The molecular weight excluding hydrogens is 346 g/mol. The first-order chi connectivity index (χ1) is 11.9. The number of hydrogen-bond donors (Lipinski definition) is 1. The third-order valence-corrected chi connectivity index (χ3v) is 3.64. The molecule has 0 aliphatic heterocycles. The summed E-state index contributed by atoms with van der Waals surface area (Å²) in [6.07, 6.45) is 0.734. The molecule has 2 aromatic rings. The van der Waals surface area contributed by atoms with Gasteiger partial charge in [-0.05, 0) is 30.5 Å². The van der Waals surface area contributed by atoms with Gasteiger partial charge in [0.05, 0.1) is 0 Å². The van der Waals surface area contributed by atoms with Gasteiger partial charge in [-0.15, -0.1) is 11.6 Å². The van der Waals surface area contributed by atoms with E-state index >= 15 is 0 Å². The molecule has 0 aliphatic rings. The fourth-order valence-corrected chi connectivity index (χ4v) is 2.23. The summed E-state index contributed by atoms with van der Waals surface area (Å²) in [5.41, 5.74) is -0.549. The fraction of sp³-hybridized carbons (Fsp3) is 0.389. The lowest BCUT2D eigenvalue weighted by molar-refractivity contribution is -0.134. The van der Waals surface area contributed by atoms with Gasteiger partial charge < -0.3 is 14.5 Å². The average molecular weight is 366 g/mol. The van der Waals surface area contributed by atoms with E-state index in [-0.39, 0.29) is 29.2 Å². The molecule has 1 aromatic carbocycles. The molecule has 2 rings (SSSR count). The van der Waals surface area contributed by atoms with Crippen molar-refractivity contribution in [1.29, 1.82) is 0 Å². The second kappa shape index (κ2) is 8.67. The topological polar surface area (TPSA) is 85.6 Å². The van der Waals surface area contributed by atoms with Crippen LogP contribution >= 0.6 is 11.6 Å². The van der Waals surface area contributed by atoms with Crippen molar-refractivity contribution >= 4 is 34.4 Å². The number of carbonyl (C=O) groups is 2. The lowest BCUT2D eigenvalue weighted by atomic mass is 10.1. The second-order valence-electron chi connectivity index (χ2n) is 6.02.